The summed E-state index contributed by atoms with van der Waals surface area (Å²) in [5.74, 6) is -2.73. The first kappa shape index (κ1) is 22.2. The summed E-state index contributed by atoms with van der Waals surface area (Å²) in [5.41, 5.74) is 1.08. The summed E-state index contributed by atoms with van der Waals surface area (Å²) in [4.78, 5) is 18.2. The van der Waals surface area contributed by atoms with E-state index in [0.717, 1.165) is 55.5 Å². The maximum absolute atomic E-state index is 9.10. The normalized spacial score (nSPS) is 9.79. The minimum absolute atomic E-state index is 0.744. The second kappa shape index (κ2) is 13.6. The van der Waals surface area contributed by atoms with E-state index in [-0.39, 0.29) is 0 Å². The number of carbonyl (C=O) groups is 2. The lowest BCUT2D eigenvalue weighted by molar-refractivity contribution is -0.159. The molecule has 0 aliphatic rings. The van der Waals surface area contributed by atoms with Crippen molar-refractivity contribution in [1.82, 2.24) is 5.32 Å². The Balaban J connectivity index is 0.000000754. The molecule has 1 aromatic carbocycles. The molecule has 0 heterocycles. The molecule has 0 fully saturated rings. The highest BCUT2D eigenvalue weighted by Gasteiger charge is 2.04. The van der Waals surface area contributed by atoms with Gasteiger partial charge >= 0.3 is 11.9 Å². The van der Waals surface area contributed by atoms with Crippen molar-refractivity contribution in [3.8, 4) is 5.75 Å². The van der Waals surface area contributed by atoms with Gasteiger partial charge in [0.15, 0.2) is 0 Å². The Morgan fingerprint density at radius 2 is 1.79 bits per heavy atom. The fraction of sp³-hybridized carbons (Fsp3) is 0.500. The zero-order valence-corrected chi connectivity index (χ0v) is 14.6. The minimum Gasteiger partial charge on any atom is -0.493 e. The molecular formula is C16H24ClNO6. The number of hydrogen-bond donors (Lipinski definition) is 3. The predicted molar refractivity (Wildman–Crippen MR) is 90.9 cm³/mol. The van der Waals surface area contributed by atoms with Crippen LogP contribution in [-0.2, 0) is 14.3 Å². The molecule has 7 nitrogen and oxygen atoms in total. The zero-order chi connectivity index (χ0) is 18.4. The van der Waals surface area contributed by atoms with Gasteiger partial charge in [0.05, 0.1) is 13.2 Å². The van der Waals surface area contributed by atoms with Gasteiger partial charge in [0.2, 0.25) is 0 Å². The number of benzene rings is 1. The molecule has 1 rings (SSSR count). The van der Waals surface area contributed by atoms with Gasteiger partial charge in [-0.25, -0.2) is 9.59 Å². The summed E-state index contributed by atoms with van der Waals surface area (Å²) in [6, 6.07) is 5.70. The van der Waals surface area contributed by atoms with Crippen LogP contribution in [0.3, 0.4) is 0 Å². The monoisotopic (exact) mass is 361 g/mol. The first-order chi connectivity index (χ1) is 11.4. The number of rotatable bonds is 9. The summed E-state index contributed by atoms with van der Waals surface area (Å²) >= 11 is 5.89. The standard InChI is InChI=1S/C14H22ClNO2.C2H2O4/c1-12-11-13(15)5-6-14(12)18-9-4-3-7-16-8-10-17-2;3-1(4)2(5)6/h5-6,11,16H,3-4,7-10H2,1-2H3;(H,3,4)(H,5,6). The number of halogens is 1. The van der Waals surface area contributed by atoms with E-state index < -0.39 is 11.9 Å². The SMILES string of the molecule is COCCNCCCCOc1ccc(Cl)cc1C.O=C(O)C(=O)O. The van der Waals surface area contributed by atoms with Crippen LogP contribution in [0, 0.1) is 6.92 Å². The van der Waals surface area contributed by atoms with Crippen molar-refractivity contribution in [2.75, 3.05) is 33.4 Å². The third-order valence-corrected chi connectivity index (χ3v) is 3.04. The van der Waals surface area contributed by atoms with E-state index in [1.165, 1.54) is 0 Å². The lowest BCUT2D eigenvalue weighted by atomic mass is 10.2. The number of ether oxygens (including phenoxy) is 2. The van der Waals surface area contributed by atoms with E-state index in [1.807, 2.05) is 25.1 Å². The fourth-order valence-corrected chi connectivity index (χ4v) is 1.83. The molecule has 0 spiro atoms. The van der Waals surface area contributed by atoms with E-state index in [9.17, 15) is 0 Å². The van der Waals surface area contributed by atoms with Gasteiger partial charge in [-0.05, 0) is 50.1 Å². The molecule has 24 heavy (non-hydrogen) atoms. The molecule has 0 radical (unpaired) electrons. The molecule has 0 aromatic heterocycles. The minimum atomic E-state index is -1.82. The van der Waals surface area contributed by atoms with Crippen LogP contribution in [0.2, 0.25) is 5.02 Å². The molecule has 8 heteroatoms. The van der Waals surface area contributed by atoms with Crippen molar-refractivity contribution in [2.45, 2.75) is 19.8 Å². The Labute approximate surface area is 146 Å². The van der Waals surface area contributed by atoms with Gasteiger partial charge in [-0.2, -0.15) is 0 Å². The zero-order valence-electron chi connectivity index (χ0n) is 13.9. The first-order valence-electron chi connectivity index (χ1n) is 7.43. The highest BCUT2D eigenvalue weighted by molar-refractivity contribution is 6.30. The smallest absolute Gasteiger partial charge is 0.414 e. The Hall–Kier alpha value is -1.83. The fourth-order valence-electron chi connectivity index (χ4n) is 1.61. The van der Waals surface area contributed by atoms with E-state index in [1.54, 1.807) is 7.11 Å². The summed E-state index contributed by atoms with van der Waals surface area (Å²) in [5, 5.41) is 18.8. The van der Waals surface area contributed by atoms with Gasteiger partial charge in [0.1, 0.15) is 5.75 Å². The highest BCUT2D eigenvalue weighted by atomic mass is 35.5. The van der Waals surface area contributed by atoms with Crippen LogP contribution < -0.4 is 10.1 Å². The topological polar surface area (TPSA) is 105 Å². The number of carboxylic acids is 2. The van der Waals surface area contributed by atoms with Gasteiger partial charge in [0.25, 0.3) is 0 Å². The molecule has 0 amide bonds. The average Bonchev–Trinajstić information content (AvgIpc) is 2.52. The number of hydrogen-bond acceptors (Lipinski definition) is 5. The van der Waals surface area contributed by atoms with E-state index in [2.05, 4.69) is 5.32 Å². The first-order valence-corrected chi connectivity index (χ1v) is 7.81. The quantitative estimate of drug-likeness (QED) is 0.457. The van der Waals surface area contributed by atoms with Gasteiger partial charge in [0, 0.05) is 18.7 Å². The molecule has 0 atom stereocenters. The van der Waals surface area contributed by atoms with Crippen LogP contribution in [0.4, 0.5) is 0 Å². The third-order valence-electron chi connectivity index (χ3n) is 2.81. The second-order valence-corrected chi connectivity index (χ2v) is 5.25. The van der Waals surface area contributed by atoms with Gasteiger partial charge in [-0.3, -0.25) is 0 Å². The van der Waals surface area contributed by atoms with Crippen LogP contribution >= 0.6 is 11.6 Å². The number of carboxylic acid groups (broad SMARTS) is 2. The van der Waals surface area contributed by atoms with Crippen molar-refractivity contribution in [3.63, 3.8) is 0 Å². The predicted octanol–water partition coefficient (Wildman–Crippen LogP) is 2.20. The molecule has 0 saturated heterocycles. The number of methoxy groups -OCH3 is 1. The van der Waals surface area contributed by atoms with Crippen LogP contribution in [0.5, 0.6) is 5.75 Å². The summed E-state index contributed by atoms with van der Waals surface area (Å²) in [6.07, 6.45) is 2.15. The summed E-state index contributed by atoms with van der Waals surface area (Å²) in [7, 11) is 1.71. The Morgan fingerprint density at radius 3 is 2.33 bits per heavy atom. The molecule has 3 N–H and O–H groups in total. The molecule has 0 saturated carbocycles. The molecule has 136 valence electrons. The molecule has 0 aliphatic heterocycles. The number of nitrogens with one attached hydrogen (secondary N) is 1. The summed E-state index contributed by atoms with van der Waals surface area (Å²) < 4.78 is 10.7. The van der Waals surface area contributed by atoms with Crippen molar-refractivity contribution >= 4 is 23.5 Å². The van der Waals surface area contributed by atoms with Crippen LogP contribution in [0.25, 0.3) is 0 Å². The van der Waals surface area contributed by atoms with Gasteiger partial charge in [-0.1, -0.05) is 11.6 Å². The van der Waals surface area contributed by atoms with E-state index >= 15 is 0 Å². The van der Waals surface area contributed by atoms with Gasteiger partial charge < -0.3 is 25.0 Å². The van der Waals surface area contributed by atoms with Crippen molar-refractivity contribution in [1.29, 1.82) is 0 Å². The van der Waals surface area contributed by atoms with Crippen molar-refractivity contribution < 1.29 is 29.3 Å². The molecular weight excluding hydrogens is 338 g/mol. The van der Waals surface area contributed by atoms with E-state index in [4.69, 9.17) is 40.9 Å². The van der Waals surface area contributed by atoms with Crippen molar-refractivity contribution in [2.24, 2.45) is 0 Å². The molecule has 1 aromatic rings. The van der Waals surface area contributed by atoms with Crippen LogP contribution in [0.1, 0.15) is 18.4 Å². The van der Waals surface area contributed by atoms with E-state index in [0.29, 0.717) is 0 Å². The van der Waals surface area contributed by atoms with Crippen molar-refractivity contribution in [3.05, 3.63) is 28.8 Å². The molecule has 0 bridgehead atoms. The Bertz CT molecular complexity index is 497. The van der Waals surface area contributed by atoms with Crippen LogP contribution in [0.15, 0.2) is 18.2 Å². The number of aryl methyl sites for hydroxylation is 1. The number of unbranched alkanes of at least 4 members (excludes halogenated alkanes) is 1. The highest BCUT2D eigenvalue weighted by Crippen LogP contribution is 2.21. The lowest BCUT2D eigenvalue weighted by Crippen LogP contribution is -2.20. The van der Waals surface area contributed by atoms with Gasteiger partial charge in [-0.15, -0.1) is 0 Å². The molecule has 0 unspecified atom stereocenters. The lowest BCUT2D eigenvalue weighted by Gasteiger charge is -2.09. The largest absolute Gasteiger partial charge is 0.493 e. The average molecular weight is 362 g/mol. The second-order valence-electron chi connectivity index (χ2n) is 4.82. The van der Waals surface area contributed by atoms with Crippen LogP contribution in [-0.4, -0.2) is 55.6 Å². The molecule has 0 aliphatic carbocycles. The number of aliphatic carboxylic acids is 2. The maximum Gasteiger partial charge on any atom is 0.414 e. The Kier molecular flexibility index (Phi) is 12.6. The Morgan fingerprint density at radius 1 is 1.12 bits per heavy atom. The maximum atomic E-state index is 9.10. The summed E-state index contributed by atoms with van der Waals surface area (Å²) in [6.45, 7) is 5.43. The third kappa shape index (κ3) is 11.7.